The Hall–Kier alpha value is -0.930. The highest BCUT2D eigenvalue weighted by Crippen LogP contribution is 2.30. The van der Waals surface area contributed by atoms with Crippen LogP contribution in [-0.4, -0.2) is 18.3 Å². The van der Waals surface area contributed by atoms with Crippen molar-refractivity contribution in [3.63, 3.8) is 0 Å². The number of hydrogen-bond acceptors (Lipinski definition) is 2. The Balaban J connectivity index is 2.39. The van der Waals surface area contributed by atoms with E-state index < -0.39 is 5.60 Å². The number of aliphatic hydroxyl groups is 1. The molecule has 70 valence electrons. The van der Waals surface area contributed by atoms with Crippen molar-refractivity contribution in [3.8, 4) is 0 Å². The SMILES string of the molecule is Cc1cc(F)cc(C2(O)COC2)c1. The maximum atomic E-state index is 13.0. The summed E-state index contributed by atoms with van der Waals surface area (Å²) >= 11 is 0. The fourth-order valence-corrected chi connectivity index (χ4v) is 1.47. The van der Waals surface area contributed by atoms with E-state index in [0.717, 1.165) is 5.56 Å². The third kappa shape index (κ3) is 1.45. The highest BCUT2D eigenvalue weighted by atomic mass is 19.1. The Kier molecular flexibility index (Phi) is 1.86. The second-order valence-electron chi connectivity index (χ2n) is 3.54. The Morgan fingerprint density at radius 2 is 2.08 bits per heavy atom. The van der Waals surface area contributed by atoms with Crippen LogP contribution in [0.3, 0.4) is 0 Å². The average molecular weight is 182 g/mol. The maximum absolute atomic E-state index is 13.0. The summed E-state index contributed by atoms with van der Waals surface area (Å²) < 4.78 is 17.9. The smallest absolute Gasteiger partial charge is 0.136 e. The lowest BCUT2D eigenvalue weighted by molar-refractivity contribution is -0.184. The van der Waals surface area contributed by atoms with Crippen LogP contribution < -0.4 is 0 Å². The monoisotopic (exact) mass is 182 g/mol. The number of aryl methyl sites for hydroxylation is 1. The zero-order valence-electron chi connectivity index (χ0n) is 7.38. The van der Waals surface area contributed by atoms with Gasteiger partial charge in [-0.15, -0.1) is 0 Å². The van der Waals surface area contributed by atoms with E-state index in [-0.39, 0.29) is 19.0 Å². The van der Waals surface area contributed by atoms with E-state index in [4.69, 9.17) is 4.74 Å². The molecule has 0 saturated carbocycles. The predicted molar refractivity (Wildman–Crippen MR) is 45.9 cm³/mol. The molecular weight excluding hydrogens is 171 g/mol. The maximum Gasteiger partial charge on any atom is 0.136 e. The first kappa shape index (κ1) is 8.66. The molecule has 0 aliphatic carbocycles. The van der Waals surface area contributed by atoms with Crippen molar-refractivity contribution >= 4 is 0 Å². The molecule has 0 unspecified atom stereocenters. The van der Waals surface area contributed by atoms with Crippen molar-refractivity contribution in [1.82, 2.24) is 0 Å². The fourth-order valence-electron chi connectivity index (χ4n) is 1.47. The molecule has 0 amide bonds. The lowest BCUT2D eigenvalue weighted by atomic mass is 9.91. The van der Waals surface area contributed by atoms with Gasteiger partial charge in [0.25, 0.3) is 0 Å². The van der Waals surface area contributed by atoms with E-state index in [9.17, 15) is 9.50 Å². The van der Waals surface area contributed by atoms with Crippen LogP contribution in [0.2, 0.25) is 0 Å². The van der Waals surface area contributed by atoms with Crippen molar-refractivity contribution in [2.24, 2.45) is 0 Å². The summed E-state index contributed by atoms with van der Waals surface area (Å²) in [7, 11) is 0. The topological polar surface area (TPSA) is 29.5 Å². The van der Waals surface area contributed by atoms with Crippen LogP contribution in [0.5, 0.6) is 0 Å². The van der Waals surface area contributed by atoms with E-state index in [2.05, 4.69) is 0 Å². The third-order valence-electron chi connectivity index (χ3n) is 2.26. The van der Waals surface area contributed by atoms with Crippen molar-refractivity contribution in [2.45, 2.75) is 12.5 Å². The van der Waals surface area contributed by atoms with Crippen molar-refractivity contribution < 1.29 is 14.2 Å². The second kappa shape index (κ2) is 2.79. The molecule has 1 saturated heterocycles. The zero-order valence-corrected chi connectivity index (χ0v) is 7.38. The molecular formula is C10H11FO2. The first-order valence-electron chi connectivity index (χ1n) is 4.18. The van der Waals surface area contributed by atoms with Gasteiger partial charge in [-0.25, -0.2) is 4.39 Å². The van der Waals surface area contributed by atoms with Gasteiger partial charge in [-0.05, 0) is 30.2 Å². The highest BCUT2D eigenvalue weighted by Gasteiger charge is 2.38. The van der Waals surface area contributed by atoms with Crippen LogP contribution in [0, 0.1) is 12.7 Å². The highest BCUT2D eigenvalue weighted by molar-refractivity contribution is 5.29. The normalized spacial score (nSPS) is 19.6. The number of benzene rings is 1. The molecule has 1 heterocycles. The van der Waals surface area contributed by atoms with Gasteiger partial charge in [0, 0.05) is 0 Å². The summed E-state index contributed by atoms with van der Waals surface area (Å²) in [4.78, 5) is 0. The van der Waals surface area contributed by atoms with Gasteiger partial charge in [-0.1, -0.05) is 6.07 Å². The summed E-state index contributed by atoms with van der Waals surface area (Å²) in [6, 6.07) is 4.58. The number of hydrogen-bond donors (Lipinski definition) is 1. The molecule has 2 rings (SSSR count). The fraction of sp³-hybridized carbons (Fsp3) is 0.400. The molecule has 1 aromatic rings. The molecule has 13 heavy (non-hydrogen) atoms. The second-order valence-corrected chi connectivity index (χ2v) is 3.54. The van der Waals surface area contributed by atoms with Gasteiger partial charge in [0.05, 0.1) is 13.2 Å². The van der Waals surface area contributed by atoms with Gasteiger partial charge in [0.1, 0.15) is 11.4 Å². The molecule has 1 aliphatic heterocycles. The summed E-state index contributed by atoms with van der Waals surface area (Å²) in [5.74, 6) is -0.310. The van der Waals surface area contributed by atoms with Crippen LogP contribution >= 0.6 is 0 Å². The summed E-state index contributed by atoms with van der Waals surface area (Å²) in [6.45, 7) is 2.32. The van der Waals surface area contributed by atoms with E-state index in [0.29, 0.717) is 5.56 Å². The number of ether oxygens (including phenoxy) is 1. The number of rotatable bonds is 1. The first-order chi connectivity index (χ1) is 6.10. The molecule has 1 N–H and O–H groups in total. The minimum atomic E-state index is -0.965. The lowest BCUT2D eigenvalue weighted by Gasteiger charge is -2.36. The molecule has 0 radical (unpaired) electrons. The van der Waals surface area contributed by atoms with Crippen molar-refractivity contribution in [1.29, 1.82) is 0 Å². The van der Waals surface area contributed by atoms with Gasteiger partial charge < -0.3 is 9.84 Å². The van der Waals surface area contributed by atoms with Gasteiger partial charge >= 0.3 is 0 Å². The lowest BCUT2D eigenvalue weighted by Crippen LogP contribution is -2.46. The third-order valence-corrected chi connectivity index (χ3v) is 2.26. The Morgan fingerprint density at radius 1 is 1.38 bits per heavy atom. The molecule has 0 atom stereocenters. The van der Waals surface area contributed by atoms with E-state index in [1.54, 1.807) is 13.0 Å². The Bertz CT molecular complexity index is 311. The summed E-state index contributed by atoms with van der Waals surface area (Å²) in [5, 5.41) is 9.84. The van der Waals surface area contributed by atoms with E-state index >= 15 is 0 Å². The average Bonchev–Trinajstić information content (AvgIpc) is 1.98. The zero-order chi connectivity index (χ0) is 9.47. The van der Waals surface area contributed by atoms with Gasteiger partial charge in [-0.2, -0.15) is 0 Å². The molecule has 0 aromatic heterocycles. The summed E-state index contributed by atoms with van der Waals surface area (Å²) in [6.07, 6.45) is 0. The molecule has 1 fully saturated rings. The van der Waals surface area contributed by atoms with Gasteiger partial charge in [0.15, 0.2) is 0 Å². The van der Waals surface area contributed by atoms with E-state index in [1.807, 2.05) is 0 Å². The minimum absolute atomic E-state index is 0.260. The molecule has 1 aromatic carbocycles. The molecule has 1 aliphatic rings. The largest absolute Gasteiger partial charge is 0.380 e. The van der Waals surface area contributed by atoms with Crippen molar-refractivity contribution in [3.05, 3.63) is 35.1 Å². The quantitative estimate of drug-likeness (QED) is 0.710. The molecule has 0 spiro atoms. The minimum Gasteiger partial charge on any atom is -0.380 e. The van der Waals surface area contributed by atoms with Crippen LogP contribution in [0.1, 0.15) is 11.1 Å². The van der Waals surface area contributed by atoms with Crippen LogP contribution in [0.4, 0.5) is 4.39 Å². The predicted octanol–water partition coefficient (Wildman–Crippen LogP) is 1.35. The van der Waals surface area contributed by atoms with Crippen LogP contribution in [0.15, 0.2) is 18.2 Å². The van der Waals surface area contributed by atoms with E-state index in [1.165, 1.54) is 12.1 Å². The number of halogens is 1. The van der Waals surface area contributed by atoms with Crippen LogP contribution in [-0.2, 0) is 10.3 Å². The van der Waals surface area contributed by atoms with Crippen molar-refractivity contribution in [2.75, 3.05) is 13.2 Å². The molecule has 2 nitrogen and oxygen atoms in total. The van der Waals surface area contributed by atoms with Crippen LogP contribution in [0.25, 0.3) is 0 Å². The van der Waals surface area contributed by atoms with Gasteiger partial charge in [0.2, 0.25) is 0 Å². The standard InChI is InChI=1S/C10H11FO2/c1-7-2-8(4-9(11)3-7)10(12)5-13-6-10/h2-4,12H,5-6H2,1H3. The Labute approximate surface area is 76.0 Å². The summed E-state index contributed by atoms with van der Waals surface area (Å²) in [5.41, 5.74) is 0.457. The first-order valence-corrected chi connectivity index (χ1v) is 4.18. The Morgan fingerprint density at radius 3 is 2.54 bits per heavy atom. The van der Waals surface area contributed by atoms with Gasteiger partial charge in [-0.3, -0.25) is 0 Å². The molecule has 0 bridgehead atoms. The molecule has 3 heteroatoms.